The van der Waals surface area contributed by atoms with Crippen LogP contribution >= 0.6 is 11.8 Å². The minimum Gasteiger partial charge on any atom is -0.478 e. The first-order valence-electron chi connectivity index (χ1n) is 7.02. The van der Waals surface area contributed by atoms with Crippen molar-refractivity contribution < 1.29 is 14.7 Å². The number of thioether (sulfide) groups is 1. The van der Waals surface area contributed by atoms with Crippen LogP contribution in [0.2, 0.25) is 0 Å². The van der Waals surface area contributed by atoms with Crippen molar-refractivity contribution in [3.8, 4) is 0 Å². The molecular weight excluding hydrogens is 288 g/mol. The van der Waals surface area contributed by atoms with Gasteiger partial charge in [-0.25, -0.2) is 9.59 Å². The molecule has 6 heteroatoms. The number of hydrogen-bond acceptors (Lipinski definition) is 3. The van der Waals surface area contributed by atoms with Crippen LogP contribution in [0.15, 0.2) is 24.3 Å². The van der Waals surface area contributed by atoms with Crippen LogP contribution in [0, 0.1) is 0 Å². The molecule has 2 atom stereocenters. The maximum absolute atomic E-state index is 12.0. The van der Waals surface area contributed by atoms with Crippen molar-refractivity contribution >= 4 is 29.4 Å². The topological polar surface area (TPSA) is 78.4 Å². The van der Waals surface area contributed by atoms with Crippen LogP contribution in [0.5, 0.6) is 0 Å². The van der Waals surface area contributed by atoms with Crippen molar-refractivity contribution in [2.75, 3.05) is 11.6 Å². The number of carboxylic acids is 1. The molecule has 2 rings (SSSR count). The van der Waals surface area contributed by atoms with E-state index in [-0.39, 0.29) is 17.6 Å². The zero-order valence-electron chi connectivity index (χ0n) is 12.0. The summed E-state index contributed by atoms with van der Waals surface area (Å²) in [5.41, 5.74) is 0.650. The molecule has 0 radical (unpaired) electrons. The molecule has 0 spiro atoms. The summed E-state index contributed by atoms with van der Waals surface area (Å²) in [7, 11) is 0. The zero-order valence-corrected chi connectivity index (χ0v) is 12.8. The molecule has 21 heavy (non-hydrogen) atoms. The summed E-state index contributed by atoms with van der Waals surface area (Å²) in [5, 5.41) is 15.2. The molecule has 114 valence electrons. The Morgan fingerprint density at radius 3 is 2.86 bits per heavy atom. The van der Waals surface area contributed by atoms with Crippen molar-refractivity contribution in [2.45, 2.75) is 37.0 Å². The molecule has 1 aliphatic rings. The summed E-state index contributed by atoms with van der Waals surface area (Å²) in [6.07, 6.45) is 6.43. The minimum atomic E-state index is -1.01. The van der Waals surface area contributed by atoms with Gasteiger partial charge in [-0.3, -0.25) is 0 Å². The summed E-state index contributed by atoms with van der Waals surface area (Å²) in [5.74, 6) is -1.01. The van der Waals surface area contributed by atoms with Gasteiger partial charge in [0.05, 0.1) is 5.56 Å². The van der Waals surface area contributed by atoms with Crippen LogP contribution in [0.25, 0.3) is 0 Å². The van der Waals surface area contributed by atoms with Gasteiger partial charge in [-0.05, 0) is 43.7 Å². The highest BCUT2D eigenvalue weighted by Crippen LogP contribution is 2.26. The number of benzene rings is 1. The maximum Gasteiger partial charge on any atom is 0.335 e. The van der Waals surface area contributed by atoms with E-state index in [0.29, 0.717) is 10.9 Å². The smallest absolute Gasteiger partial charge is 0.335 e. The fraction of sp³-hybridized carbons (Fsp3) is 0.467. The number of nitrogens with one attached hydrogen (secondary N) is 2. The molecule has 1 aromatic carbocycles. The van der Waals surface area contributed by atoms with Gasteiger partial charge in [0, 0.05) is 17.0 Å². The lowest BCUT2D eigenvalue weighted by Gasteiger charge is -2.28. The third kappa shape index (κ3) is 4.67. The number of hydrogen-bond donors (Lipinski definition) is 3. The fourth-order valence-corrected chi connectivity index (χ4v) is 3.40. The van der Waals surface area contributed by atoms with E-state index in [1.807, 2.05) is 11.8 Å². The number of aromatic carboxylic acids is 1. The summed E-state index contributed by atoms with van der Waals surface area (Å²) >= 11 is 1.85. The predicted octanol–water partition coefficient (Wildman–Crippen LogP) is 3.18. The average Bonchev–Trinajstić information content (AvgIpc) is 2.47. The van der Waals surface area contributed by atoms with Gasteiger partial charge in [0.2, 0.25) is 0 Å². The number of rotatable bonds is 4. The lowest BCUT2D eigenvalue weighted by Crippen LogP contribution is -2.41. The first kappa shape index (κ1) is 15.7. The lowest BCUT2D eigenvalue weighted by molar-refractivity contribution is 0.0697. The van der Waals surface area contributed by atoms with Crippen LogP contribution in [0.4, 0.5) is 10.5 Å². The maximum atomic E-state index is 12.0. The molecule has 1 aliphatic carbocycles. The Bertz CT molecular complexity index is 521. The Morgan fingerprint density at radius 1 is 1.33 bits per heavy atom. The third-order valence-corrected chi connectivity index (χ3v) is 4.76. The normalized spacial score (nSPS) is 21.6. The summed E-state index contributed by atoms with van der Waals surface area (Å²) in [6.45, 7) is 0. The predicted molar refractivity (Wildman–Crippen MR) is 85.1 cm³/mol. The number of anilines is 1. The van der Waals surface area contributed by atoms with Crippen LogP contribution in [-0.2, 0) is 0 Å². The van der Waals surface area contributed by atoms with E-state index in [1.165, 1.54) is 18.6 Å². The van der Waals surface area contributed by atoms with E-state index in [0.717, 1.165) is 19.3 Å². The van der Waals surface area contributed by atoms with Crippen LogP contribution < -0.4 is 10.6 Å². The van der Waals surface area contributed by atoms with Gasteiger partial charge in [-0.2, -0.15) is 11.8 Å². The Morgan fingerprint density at radius 2 is 2.14 bits per heavy atom. The van der Waals surface area contributed by atoms with Gasteiger partial charge in [-0.15, -0.1) is 0 Å². The summed E-state index contributed by atoms with van der Waals surface area (Å²) < 4.78 is 0. The van der Waals surface area contributed by atoms with Crippen molar-refractivity contribution in [3.05, 3.63) is 29.8 Å². The summed E-state index contributed by atoms with van der Waals surface area (Å²) in [4.78, 5) is 22.9. The Labute approximate surface area is 128 Å². The largest absolute Gasteiger partial charge is 0.478 e. The molecule has 0 saturated heterocycles. The number of carbonyl (C=O) groups excluding carboxylic acids is 1. The van der Waals surface area contributed by atoms with Crippen molar-refractivity contribution in [2.24, 2.45) is 0 Å². The van der Waals surface area contributed by atoms with Gasteiger partial charge < -0.3 is 15.7 Å². The molecule has 2 unspecified atom stereocenters. The van der Waals surface area contributed by atoms with Gasteiger partial charge in [-0.1, -0.05) is 12.5 Å². The van der Waals surface area contributed by atoms with Gasteiger partial charge in [0.15, 0.2) is 0 Å². The molecule has 5 nitrogen and oxygen atoms in total. The van der Waals surface area contributed by atoms with Crippen molar-refractivity contribution in [1.29, 1.82) is 0 Å². The van der Waals surface area contributed by atoms with E-state index in [9.17, 15) is 9.59 Å². The Balaban J connectivity index is 1.89. The van der Waals surface area contributed by atoms with Crippen molar-refractivity contribution in [1.82, 2.24) is 5.32 Å². The fourth-order valence-electron chi connectivity index (χ4n) is 2.57. The molecule has 0 aliphatic heterocycles. The van der Waals surface area contributed by atoms with E-state index in [1.54, 1.807) is 12.1 Å². The van der Waals surface area contributed by atoms with Crippen LogP contribution in [0.1, 0.15) is 36.0 Å². The van der Waals surface area contributed by atoms with Gasteiger partial charge >= 0.3 is 12.0 Å². The lowest BCUT2D eigenvalue weighted by atomic mass is 9.95. The highest BCUT2D eigenvalue weighted by Gasteiger charge is 2.22. The Hall–Kier alpha value is -1.69. The molecule has 2 amide bonds. The second-order valence-electron chi connectivity index (χ2n) is 5.21. The molecule has 1 saturated carbocycles. The van der Waals surface area contributed by atoms with E-state index >= 15 is 0 Å². The molecule has 0 aromatic heterocycles. The number of amides is 2. The highest BCUT2D eigenvalue weighted by molar-refractivity contribution is 7.99. The number of urea groups is 1. The zero-order chi connectivity index (χ0) is 15.2. The second-order valence-corrected chi connectivity index (χ2v) is 6.34. The molecule has 0 bridgehead atoms. The van der Waals surface area contributed by atoms with Gasteiger partial charge in [0.1, 0.15) is 0 Å². The highest BCUT2D eigenvalue weighted by atomic mass is 32.2. The average molecular weight is 308 g/mol. The van der Waals surface area contributed by atoms with Crippen LogP contribution in [-0.4, -0.2) is 34.7 Å². The van der Waals surface area contributed by atoms with E-state index in [2.05, 4.69) is 16.9 Å². The van der Waals surface area contributed by atoms with E-state index < -0.39 is 5.97 Å². The molecule has 1 aromatic rings. The number of carbonyl (C=O) groups is 2. The first-order valence-corrected chi connectivity index (χ1v) is 8.31. The molecule has 3 N–H and O–H groups in total. The quantitative estimate of drug-likeness (QED) is 0.798. The standard InChI is InChI=1S/C15H20N2O3S/c1-21-13-7-3-6-12(9-13)17-15(20)16-11-5-2-4-10(8-11)14(18)19/h2,4-5,8,12-13H,3,6-7,9H2,1H3,(H,18,19)(H2,16,17,20). The monoisotopic (exact) mass is 308 g/mol. The third-order valence-electron chi connectivity index (χ3n) is 3.66. The molecule has 1 fully saturated rings. The summed E-state index contributed by atoms with van der Waals surface area (Å²) in [6, 6.07) is 6.16. The van der Waals surface area contributed by atoms with Crippen LogP contribution in [0.3, 0.4) is 0 Å². The first-order chi connectivity index (χ1) is 10.1. The molecular formula is C15H20N2O3S. The minimum absolute atomic E-state index is 0.160. The number of carboxylic acid groups (broad SMARTS) is 1. The Kier molecular flexibility index (Phi) is 5.50. The van der Waals surface area contributed by atoms with Crippen molar-refractivity contribution in [3.63, 3.8) is 0 Å². The SMILES string of the molecule is CSC1CCCC(NC(=O)Nc2cccc(C(=O)O)c2)C1. The molecule has 0 heterocycles. The van der Waals surface area contributed by atoms with E-state index in [4.69, 9.17) is 5.11 Å². The second kappa shape index (κ2) is 7.36. The van der Waals surface area contributed by atoms with Gasteiger partial charge in [0.25, 0.3) is 0 Å².